The largest absolute Gasteiger partial charge is 0.507 e. The standard InChI is InChI=1S/C17H18ClNO2/c1-12(2)19(11-13-6-4-3-5-7-13)17(21)15-9-8-14(18)10-16(15)20/h3-10,12,20H,11H2,1-2H3. The van der Waals surface area contributed by atoms with Crippen LogP contribution in [0.5, 0.6) is 5.75 Å². The molecule has 2 aromatic carbocycles. The van der Waals surface area contributed by atoms with E-state index in [9.17, 15) is 9.90 Å². The predicted octanol–water partition coefficient (Wildman–Crippen LogP) is 4.10. The molecule has 2 rings (SSSR count). The first-order valence-electron chi connectivity index (χ1n) is 6.82. The molecule has 0 aliphatic carbocycles. The molecule has 0 bridgehead atoms. The molecule has 1 amide bonds. The molecule has 3 nitrogen and oxygen atoms in total. The smallest absolute Gasteiger partial charge is 0.258 e. The van der Waals surface area contributed by atoms with Crippen LogP contribution < -0.4 is 0 Å². The summed E-state index contributed by atoms with van der Waals surface area (Å²) in [6, 6.07) is 14.3. The van der Waals surface area contributed by atoms with Crippen molar-refractivity contribution in [2.45, 2.75) is 26.4 Å². The van der Waals surface area contributed by atoms with Gasteiger partial charge in [-0.3, -0.25) is 4.79 Å². The zero-order chi connectivity index (χ0) is 15.4. The third-order valence-corrected chi connectivity index (χ3v) is 3.51. The Morgan fingerprint density at radius 1 is 1.19 bits per heavy atom. The van der Waals surface area contributed by atoms with E-state index in [0.717, 1.165) is 5.56 Å². The van der Waals surface area contributed by atoms with Crippen molar-refractivity contribution in [2.75, 3.05) is 0 Å². The molecular formula is C17H18ClNO2. The number of aromatic hydroxyl groups is 1. The first-order valence-corrected chi connectivity index (χ1v) is 7.20. The molecule has 0 aromatic heterocycles. The molecule has 2 aromatic rings. The third kappa shape index (κ3) is 3.76. The lowest BCUT2D eigenvalue weighted by atomic mass is 10.1. The maximum atomic E-state index is 12.6. The van der Waals surface area contributed by atoms with E-state index in [0.29, 0.717) is 11.6 Å². The molecule has 0 unspecified atom stereocenters. The fourth-order valence-electron chi connectivity index (χ4n) is 2.11. The van der Waals surface area contributed by atoms with Crippen LogP contribution in [-0.2, 0) is 6.54 Å². The zero-order valence-corrected chi connectivity index (χ0v) is 12.8. The number of phenolic OH excluding ortho intramolecular Hbond substituents is 1. The van der Waals surface area contributed by atoms with Gasteiger partial charge in [-0.05, 0) is 37.6 Å². The molecule has 0 heterocycles. The fraction of sp³-hybridized carbons (Fsp3) is 0.235. The van der Waals surface area contributed by atoms with Gasteiger partial charge >= 0.3 is 0 Å². The van der Waals surface area contributed by atoms with E-state index >= 15 is 0 Å². The summed E-state index contributed by atoms with van der Waals surface area (Å²) in [4.78, 5) is 14.4. The molecule has 0 atom stereocenters. The highest BCUT2D eigenvalue weighted by Gasteiger charge is 2.21. The lowest BCUT2D eigenvalue weighted by Gasteiger charge is -2.27. The van der Waals surface area contributed by atoms with Gasteiger partial charge in [-0.1, -0.05) is 41.9 Å². The van der Waals surface area contributed by atoms with Crippen molar-refractivity contribution >= 4 is 17.5 Å². The van der Waals surface area contributed by atoms with Gasteiger partial charge in [-0.15, -0.1) is 0 Å². The Balaban J connectivity index is 2.27. The van der Waals surface area contributed by atoms with Crippen molar-refractivity contribution in [1.29, 1.82) is 0 Å². The number of carbonyl (C=O) groups is 1. The second-order valence-corrected chi connectivity index (χ2v) is 5.61. The number of phenols is 1. The zero-order valence-electron chi connectivity index (χ0n) is 12.1. The number of amides is 1. The number of nitrogens with zero attached hydrogens (tertiary/aromatic N) is 1. The van der Waals surface area contributed by atoms with Gasteiger partial charge in [0.2, 0.25) is 0 Å². The first-order chi connectivity index (χ1) is 9.99. The Morgan fingerprint density at radius 3 is 2.43 bits per heavy atom. The first kappa shape index (κ1) is 15.4. The van der Waals surface area contributed by atoms with Gasteiger partial charge in [0.15, 0.2) is 0 Å². The fourth-order valence-corrected chi connectivity index (χ4v) is 2.28. The molecule has 0 aliphatic heterocycles. The second-order valence-electron chi connectivity index (χ2n) is 5.17. The normalized spacial score (nSPS) is 10.7. The Labute approximate surface area is 129 Å². The van der Waals surface area contributed by atoms with Crippen LogP contribution >= 0.6 is 11.6 Å². The minimum Gasteiger partial charge on any atom is -0.507 e. The molecular weight excluding hydrogens is 286 g/mol. The molecule has 0 saturated carbocycles. The van der Waals surface area contributed by atoms with Gasteiger partial charge in [-0.25, -0.2) is 0 Å². The van der Waals surface area contributed by atoms with Crippen molar-refractivity contribution in [3.05, 3.63) is 64.7 Å². The minimum atomic E-state index is -0.206. The van der Waals surface area contributed by atoms with Crippen LogP contribution in [0.2, 0.25) is 5.02 Å². The van der Waals surface area contributed by atoms with Crippen LogP contribution in [0.1, 0.15) is 29.8 Å². The molecule has 0 spiro atoms. The number of halogens is 1. The van der Waals surface area contributed by atoms with Crippen molar-refractivity contribution < 1.29 is 9.90 Å². The van der Waals surface area contributed by atoms with E-state index < -0.39 is 0 Å². The quantitative estimate of drug-likeness (QED) is 0.924. The maximum absolute atomic E-state index is 12.6. The topological polar surface area (TPSA) is 40.5 Å². The van der Waals surface area contributed by atoms with Gasteiger partial charge in [-0.2, -0.15) is 0 Å². The molecule has 0 radical (unpaired) electrons. The van der Waals surface area contributed by atoms with Crippen LogP contribution in [0, 0.1) is 0 Å². The number of carbonyl (C=O) groups excluding carboxylic acids is 1. The van der Waals surface area contributed by atoms with Crippen molar-refractivity contribution in [2.24, 2.45) is 0 Å². The van der Waals surface area contributed by atoms with Gasteiger partial charge in [0.25, 0.3) is 5.91 Å². The number of benzene rings is 2. The molecule has 1 N–H and O–H groups in total. The molecule has 0 saturated heterocycles. The average Bonchev–Trinajstić information content (AvgIpc) is 2.45. The van der Waals surface area contributed by atoms with Crippen LogP contribution in [0.25, 0.3) is 0 Å². The molecule has 0 fully saturated rings. The van der Waals surface area contributed by atoms with Crippen molar-refractivity contribution in [3.8, 4) is 5.75 Å². The highest BCUT2D eigenvalue weighted by Crippen LogP contribution is 2.24. The van der Waals surface area contributed by atoms with Gasteiger partial charge < -0.3 is 10.0 Å². The lowest BCUT2D eigenvalue weighted by molar-refractivity contribution is 0.0687. The van der Waals surface area contributed by atoms with Crippen LogP contribution in [0.4, 0.5) is 0 Å². The summed E-state index contributed by atoms with van der Waals surface area (Å²) < 4.78 is 0. The van der Waals surface area contributed by atoms with E-state index in [2.05, 4.69) is 0 Å². The van der Waals surface area contributed by atoms with Gasteiger partial charge in [0.05, 0.1) is 5.56 Å². The monoisotopic (exact) mass is 303 g/mol. The lowest BCUT2D eigenvalue weighted by Crippen LogP contribution is -2.36. The SMILES string of the molecule is CC(C)N(Cc1ccccc1)C(=O)c1ccc(Cl)cc1O. The van der Waals surface area contributed by atoms with E-state index in [1.165, 1.54) is 6.07 Å². The predicted molar refractivity (Wildman–Crippen MR) is 84.6 cm³/mol. The third-order valence-electron chi connectivity index (χ3n) is 3.27. The summed E-state index contributed by atoms with van der Waals surface area (Å²) in [6.45, 7) is 4.40. The summed E-state index contributed by atoms with van der Waals surface area (Å²) in [5.41, 5.74) is 1.32. The number of hydrogen-bond acceptors (Lipinski definition) is 2. The van der Waals surface area contributed by atoms with E-state index in [4.69, 9.17) is 11.6 Å². The summed E-state index contributed by atoms with van der Waals surface area (Å²) in [6.07, 6.45) is 0. The van der Waals surface area contributed by atoms with Crippen LogP contribution in [-0.4, -0.2) is 22.0 Å². The van der Waals surface area contributed by atoms with Gasteiger partial charge in [0, 0.05) is 17.6 Å². The van der Waals surface area contributed by atoms with E-state index in [1.54, 1.807) is 17.0 Å². The summed E-state index contributed by atoms with van der Waals surface area (Å²) >= 11 is 5.81. The average molecular weight is 304 g/mol. The van der Waals surface area contributed by atoms with E-state index in [1.807, 2.05) is 44.2 Å². The highest BCUT2D eigenvalue weighted by atomic mass is 35.5. The van der Waals surface area contributed by atoms with E-state index in [-0.39, 0.29) is 23.3 Å². The number of rotatable bonds is 4. The summed E-state index contributed by atoms with van der Waals surface area (Å²) in [5, 5.41) is 10.3. The van der Waals surface area contributed by atoms with Crippen molar-refractivity contribution in [3.63, 3.8) is 0 Å². The Morgan fingerprint density at radius 2 is 1.86 bits per heavy atom. The second kappa shape index (κ2) is 6.64. The minimum absolute atomic E-state index is 0.0211. The molecule has 21 heavy (non-hydrogen) atoms. The maximum Gasteiger partial charge on any atom is 0.258 e. The van der Waals surface area contributed by atoms with Gasteiger partial charge in [0.1, 0.15) is 5.75 Å². The summed E-state index contributed by atoms with van der Waals surface area (Å²) in [7, 11) is 0. The Kier molecular flexibility index (Phi) is 4.86. The van der Waals surface area contributed by atoms with Crippen LogP contribution in [0.15, 0.2) is 48.5 Å². The Hall–Kier alpha value is -2.00. The molecule has 110 valence electrons. The highest BCUT2D eigenvalue weighted by molar-refractivity contribution is 6.30. The van der Waals surface area contributed by atoms with Crippen LogP contribution in [0.3, 0.4) is 0 Å². The summed E-state index contributed by atoms with van der Waals surface area (Å²) in [5.74, 6) is -0.297. The molecule has 0 aliphatic rings. The van der Waals surface area contributed by atoms with Crippen molar-refractivity contribution in [1.82, 2.24) is 4.90 Å². The number of hydrogen-bond donors (Lipinski definition) is 1. The molecule has 4 heteroatoms. The Bertz CT molecular complexity index is 626.